The smallest absolute Gasteiger partial charge is 0.259 e. The van der Waals surface area contributed by atoms with E-state index in [9.17, 15) is 22.4 Å². The first-order valence-corrected chi connectivity index (χ1v) is 13.6. The van der Waals surface area contributed by atoms with Crippen LogP contribution in [0.2, 0.25) is 0 Å². The maximum atomic E-state index is 13.7. The molecule has 1 aliphatic heterocycles. The van der Waals surface area contributed by atoms with Crippen LogP contribution in [0, 0.1) is 11.7 Å². The molecule has 1 saturated carbocycles. The van der Waals surface area contributed by atoms with Gasteiger partial charge in [0.15, 0.2) is 0 Å². The fourth-order valence-corrected chi connectivity index (χ4v) is 6.69. The highest BCUT2D eigenvalue weighted by molar-refractivity contribution is 7.91. The van der Waals surface area contributed by atoms with E-state index in [4.69, 9.17) is 0 Å². The highest BCUT2D eigenvalue weighted by Crippen LogP contribution is 2.38. The second-order valence-electron chi connectivity index (χ2n) is 9.54. The molecule has 0 spiro atoms. The Morgan fingerprint density at radius 3 is 2.47 bits per heavy atom. The highest BCUT2D eigenvalue weighted by atomic mass is 32.2. The molecular formula is C28H27FN2O4S. The van der Waals surface area contributed by atoms with Crippen molar-refractivity contribution in [3.63, 3.8) is 0 Å². The Bertz CT molecular complexity index is 1440. The Morgan fingerprint density at radius 2 is 1.72 bits per heavy atom. The van der Waals surface area contributed by atoms with Gasteiger partial charge in [-0.05, 0) is 66.8 Å². The monoisotopic (exact) mass is 506 g/mol. The number of nitrogens with one attached hydrogen (secondary N) is 1. The van der Waals surface area contributed by atoms with E-state index in [2.05, 4.69) is 12.2 Å². The van der Waals surface area contributed by atoms with Gasteiger partial charge in [-0.3, -0.25) is 9.59 Å². The van der Waals surface area contributed by atoms with Crippen LogP contribution in [0.5, 0.6) is 0 Å². The number of halogens is 1. The van der Waals surface area contributed by atoms with Crippen molar-refractivity contribution in [2.45, 2.75) is 55.0 Å². The van der Waals surface area contributed by atoms with Gasteiger partial charge < -0.3 is 10.2 Å². The predicted molar refractivity (Wildman–Crippen MR) is 134 cm³/mol. The molecule has 3 aromatic rings. The quantitative estimate of drug-likeness (QED) is 0.532. The molecule has 1 N–H and O–H groups in total. The van der Waals surface area contributed by atoms with Crippen LogP contribution in [0.3, 0.4) is 0 Å². The molecule has 0 aromatic heterocycles. The highest BCUT2D eigenvalue weighted by Gasteiger charge is 2.36. The van der Waals surface area contributed by atoms with E-state index in [0.717, 1.165) is 25.7 Å². The number of carbonyl (C=O) groups excluding carboxylic acids is 2. The van der Waals surface area contributed by atoms with Crippen LogP contribution in [0.15, 0.2) is 76.5 Å². The largest absolute Gasteiger partial charge is 0.349 e. The molecule has 0 saturated heterocycles. The molecule has 5 rings (SSSR count). The van der Waals surface area contributed by atoms with E-state index in [1.165, 1.54) is 47.4 Å². The van der Waals surface area contributed by atoms with Crippen molar-refractivity contribution in [1.82, 2.24) is 5.32 Å². The summed E-state index contributed by atoms with van der Waals surface area (Å²) in [5, 5.41) is 3.09. The number of amides is 2. The minimum absolute atomic E-state index is 0.0146. The van der Waals surface area contributed by atoms with Crippen LogP contribution in [-0.4, -0.2) is 26.3 Å². The number of rotatable bonds is 4. The average molecular weight is 507 g/mol. The van der Waals surface area contributed by atoms with Gasteiger partial charge in [-0.2, -0.15) is 0 Å². The van der Waals surface area contributed by atoms with Crippen molar-refractivity contribution in [2.24, 2.45) is 5.92 Å². The summed E-state index contributed by atoms with van der Waals surface area (Å²) in [6.07, 6.45) is 4.14. The number of carbonyl (C=O) groups is 2. The average Bonchev–Trinajstić information content (AvgIpc) is 2.94. The van der Waals surface area contributed by atoms with E-state index in [0.29, 0.717) is 11.5 Å². The summed E-state index contributed by atoms with van der Waals surface area (Å²) in [5.74, 6) is -0.860. The van der Waals surface area contributed by atoms with Gasteiger partial charge in [0.1, 0.15) is 5.82 Å². The summed E-state index contributed by atoms with van der Waals surface area (Å²) in [7, 11) is -4.04. The Hall–Kier alpha value is -3.52. The number of anilines is 1. The van der Waals surface area contributed by atoms with Crippen molar-refractivity contribution >= 4 is 27.3 Å². The molecule has 3 aromatic carbocycles. The number of hydrogen-bond donors (Lipinski definition) is 1. The normalized spacial score (nSPS) is 20.7. The lowest BCUT2D eigenvalue weighted by molar-refractivity contribution is 0.0908. The number of sulfone groups is 1. The Kier molecular flexibility index (Phi) is 6.38. The summed E-state index contributed by atoms with van der Waals surface area (Å²) in [5.41, 5.74) is 1.09. The van der Waals surface area contributed by atoms with Crippen LogP contribution in [0.25, 0.3) is 0 Å². The summed E-state index contributed by atoms with van der Waals surface area (Å²) < 4.78 is 40.7. The number of nitrogens with zero attached hydrogens (tertiary/aromatic N) is 1. The molecule has 2 atom stereocenters. The predicted octanol–water partition coefficient (Wildman–Crippen LogP) is 5.13. The van der Waals surface area contributed by atoms with Gasteiger partial charge in [0, 0.05) is 11.6 Å². The SMILES string of the molecule is C[C@H]1CCCC[C@@H]1NC(=O)c1ccc2c(c1)N(Cc1ccc(F)cc1)C(=O)c1ccccc1S2(=O)=O. The maximum Gasteiger partial charge on any atom is 0.259 e. The molecule has 0 unspecified atom stereocenters. The van der Waals surface area contributed by atoms with E-state index in [-0.39, 0.29) is 45.1 Å². The lowest BCUT2D eigenvalue weighted by Gasteiger charge is -2.29. The third-order valence-electron chi connectivity index (χ3n) is 7.14. The Labute approximate surface area is 210 Å². The standard InChI is InChI=1S/C28H27FN2O4S/c1-18-6-2-4-8-23(18)30-27(32)20-12-15-26-24(16-20)31(17-19-10-13-21(29)14-11-19)28(33)22-7-3-5-9-25(22)36(26,34)35/h3,5,7,9-16,18,23H,2,4,6,8,17H2,1H3,(H,30,32)/t18-,23-/m0/s1. The minimum Gasteiger partial charge on any atom is -0.349 e. The third kappa shape index (κ3) is 4.41. The van der Waals surface area contributed by atoms with E-state index in [1.54, 1.807) is 24.3 Å². The Morgan fingerprint density at radius 1 is 1.00 bits per heavy atom. The molecule has 0 radical (unpaired) electrons. The lowest BCUT2D eigenvalue weighted by atomic mass is 9.86. The second kappa shape index (κ2) is 9.50. The molecule has 1 fully saturated rings. The van der Waals surface area contributed by atoms with Crippen LogP contribution in [0.4, 0.5) is 10.1 Å². The van der Waals surface area contributed by atoms with Crippen molar-refractivity contribution in [2.75, 3.05) is 4.90 Å². The van der Waals surface area contributed by atoms with Crippen LogP contribution >= 0.6 is 0 Å². The maximum absolute atomic E-state index is 13.7. The fourth-order valence-electron chi connectivity index (χ4n) is 5.06. The van der Waals surface area contributed by atoms with Crippen molar-refractivity contribution in [3.8, 4) is 0 Å². The molecule has 36 heavy (non-hydrogen) atoms. The third-order valence-corrected chi connectivity index (χ3v) is 8.99. The van der Waals surface area contributed by atoms with E-state index >= 15 is 0 Å². The van der Waals surface area contributed by atoms with Crippen molar-refractivity contribution in [1.29, 1.82) is 0 Å². The molecule has 8 heteroatoms. The summed E-state index contributed by atoms with van der Waals surface area (Å²) >= 11 is 0. The van der Waals surface area contributed by atoms with E-state index < -0.39 is 21.6 Å². The van der Waals surface area contributed by atoms with Gasteiger partial charge in [0.2, 0.25) is 9.84 Å². The van der Waals surface area contributed by atoms with Crippen LogP contribution in [-0.2, 0) is 16.4 Å². The first kappa shape index (κ1) is 24.2. The molecule has 1 aliphatic carbocycles. The van der Waals surface area contributed by atoms with Crippen molar-refractivity contribution < 1.29 is 22.4 Å². The molecule has 2 aliphatic rings. The number of fused-ring (bicyclic) bond motifs is 2. The van der Waals surface area contributed by atoms with Crippen LogP contribution < -0.4 is 10.2 Å². The topological polar surface area (TPSA) is 83.6 Å². The summed E-state index contributed by atoms with van der Waals surface area (Å²) in [6, 6.07) is 16.2. The summed E-state index contributed by atoms with van der Waals surface area (Å²) in [4.78, 5) is 28.1. The molecule has 1 heterocycles. The van der Waals surface area contributed by atoms with Gasteiger partial charge in [0.05, 0.1) is 27.6 Å². The summed E-state index contributed by atoms with van der Waals surface area (Å²) in [6.45, 7) is 2.13. The number of benzene rings is 3. The van der Waals surface area contributed by atoms with Gasteiger partial charge >= 0.3 is 0 Å². The second-order valence-corrected chi connectivity index (χ2v) is 11.4. The number of hydrogen-bond acceptors (Lipinski definition) is 4. The zero-order valence-corrected chi connectivity index (χ0v) is 20.7. The van der Waals surface area contributed by atoms with Crippen molar-refractivity contribution in [3.05, 3.63) is 89.2 Å². The molecule has 186 valence electrons. The van der Waals surface area contributed by atoms with Crippen LogP contribution in [0.1, 0.15) is 58.9 Å². The zero-order chi connectivity index (χ0) is 25.4. The van der Waals surface area contributed by atoms with Gasteiger partial charge in [-0.15, -0.1) is 0 Å². The molecule has 0 bridgehead atoms. The lowest BCUT2D eigenvalue weighted by Crippen LogP contribution is -2.41. The first-order valence-electron chi connectivity index (χ1n) is 12.1. The Balaban J connectivity index is 1.60. The first-order chi connectivity index (χ1) is 17.3. The fraction of sp³-hybridized carbons (Fsp3) is 0.286. The van der Waals surface area contributed by atoms with Gasteiger partial charge in [0.25, 0.3) is 11.8 Å². The van der Waals surface area contributed by atoms with E-state index in [1.807, 2.05) is 0 Å². The van der Waals surface area contributed by atoms with Gasteiger partial charge in [-0.25, -0.2) is 12.8 Å². The molecular weight excluding hydrogens is 479 g/mol. The van der Waals surface area contributed by atoms with Gasteiger partial charge in [-0.1, -0.05) is 44.0 Å². The molecule has 2 amide bonds. The zero-order valence-electron chi connectivity index (χ0n) is 19.9. The molecule has 6 nitrogen and oxygen atoms in total. The minimum atomic E-state index is -4.04.